The van der Waals surface area contributed by atoms with E-state index in [2.05, 4.69) is 14.7 Å². The van der Waals surface area contributed by atoms with E-state index < -0.39 is 24.2 Å². The number of aromatic nitrogens is 3. The first kappa shape index (κ1) is 38.2. The van der Waals surface area contributed by atoms with E-state index in [1.165, 1.54) is 22.9 Å². The highest BCUT2D eigenvalue weighted by Crippen LogP contribution is 2.31. The summed E-state index contributed by atoms with van der Waals surface area (Å²) < 4.78 is 60.5. The Balaban J connectivity index is 0.000000182. The van der Waals surface area contributed by atoms with Crippen LogP contribution in [0.5, 0.6) is 5.75 Å². The van der Waals surface area contributed by atoms with Crippen molar-refractivity contribution >= 4 is 28.9 Å². The maximum Gasteiger partial charge on any atom is 0.255 e. The van der Waals surface area contributed by atoms with Crippen molar-refractivity contribution in [1.29, 1.82) is 0 Å². The number of hydrogen-bond acceptors (Lipinski definition) is 10. The van der Waals surface area contributed by atoms with Crippen LogP contribution in [0.1, 0.15) is 33.1 Å². The second-order valence-corrected chi connectivity index (χ2v) is 11.3. The lowest BCUT2D eigenvalue weighted by atomic mass is 10.0. The molecule has 0 radical (unpaired) electrons. The van der Waals surface area contributed by atoms with Gasteiger partial charge in [-0.2, -0.15) is 0 Å². The molecule has 2 aliphatic rings. The molecule has 1 saturated heterocycles. The van der Waals surface area contributed by atoms with Crippen molar-refractivity contribution in [3.63, 3.8) is 0 Å². The van der Waals surface area contributed by atoms with Gasteiger partial charge in [0, 0.05) is 24.4 Å². The molecule has 1 aliphatic heterocycles. The highest BCUT2D eigenvalue weighted by atomic mass is 19.1. The maximum atomic E-state index is 12.9. The number of carbonyl (C=O) groups excluding carboxylic acids is 1. The van der Waals surface area contributed by atoms with Crippen LogP contribution in [0.3, 0.4) is 0 Å². The van der Waals surface area contributed by atoms with Gasteiger partial charge in [-0.3, -0.25) is 14.2 Å². The minimum atomic E-state index is -1.07. The van der Waals surface area contributed by atoms with Crippen molar-refractivity contribution in [2.75, 3.05) is 42.2 Å². The van der Waals surface area contributed by atoms with Crippen molar-refractivity contribution < 1.29 is 31.8 Å². The van der Waals surface area contributed by atoms with E-state index in [0.717, 1.165) is 42.9 Å². The van der Waals surface area contributed by atoms with Gasteiger partial charge in [-0.15, -0.1) is 0 Å². The van der Waals surface area contributed by atoms with Gasteiger partial charge in [0.05, 0.1) is 42.1 Å². The van der Waals surface area contributed by atoms with Gasteiger partial charge in [0.1, 0.15) is 41.3 Å². The van der Waals surface area contributed by atoms with Gasteiger partial charge in [0.2, 0.25) is 6.86 Å². The number of morpholine rings is 1. The van der Waals surface area contributed by atoms with E-state index in [1.807, 2.05) is 6.92 Å². The highest BCUT2D eigenvalue weighted by Gasteiger charge is 2.35. The van der Waals surface area contributed by atoms with Crippen LogP contribution in [0.2, 0.25) is 0 Å². The standard InChI is InChI=1S/C10H8FN3O.C10H13N3O2.C7H7F2NO.C6H12FN/c11-7-1-4-10(15)14(6-7)8-2-3-9(12)13-5-8;1-7-5-15-6-10(14)13(7)8-2-3-9(11)12-4-8;8-4-11-7-3-5(9)1-2-6(7)10;1-6(7)4-2-3-5(6)8/h1-6H,(H2,12,13);2-4,7H,5-6H2,1H3,(H2,11,12);1-3H,4,10H2;5H,2-4,8H2,1H3/t;;;5-,6+/m...1/s1. The predicted molar refractivity (Wildman–Crippen MR) is 179 cm³/mol. The summed E-state index contributed by atoms with van der Waals surface area (Å²) in [6, 6.07) is 12.3. The molecule has 0 bridgehead atoms. The van der Waals surface area contributed by atoms with Gasteiger partial charge in [0.15, 0.2) is 0 Å². The number of nitrogen functional groups attached to an aromatic ring is 3. The van der Waals surface area contributed by atoms with Crippen LogP contribution in [0, 0.1) is 11.6 Å². The number of alkyl halides is 2. The summed E-state index contributed by atoms with van der Waals surface area (Å²) in [6.45, 7) is 3.20. The van der Waals surface area contributed by atoms with Crippen LogP contribution in [0.15, 0.2) is 78.0 Å². The minimum absolute atomic E-state index is 0.0347. The van der Waals surface area contributed by atoms with Crippen molar-refractivity contribution in [1.82, 2.24) is 14.5 Å². The molecule has 12 nitrogen and oxygen atoms in total. The Bertz CT molecular complexity index is 1710. The Morgan fingerprint density at radius 1 is 0.959 bits per heavy atom. The maximum absolute atomic E-state index is 12.9. The molecule has 264 valence electrons. The lowest BCUT2D eigenvalue weighted by Gasteiger charge is -2.32. The third-order valence-corrected chi connectivity index (χ3v) is 7.41. The molecule has 1 saturated carbocycles. The summed E-state index contributed by atoms with van der Waals surface area (Å²) in [6.07, 6.45) is 6.58. The molecular weight excluding hydrogens is 648 g/mol. The van der Waals surface area contributed by atoms with Crippen LogP contribution >= 0.6 is 0 Å². The molecule has 1 unspecified atom stereocenters. The number of ether oxygens (including phenoxy) is 2. The summed E-state index contributed by atoms with van der Waals surface area (Å²) in [5.41, 5.74) is 21.7. The molecule has 6 rings (SSSR count). The molecular formula is C33H40F4N8O4. The fourth-order valence-corrected chi connectivity index (χ4v) is 4.69. The number of nitrogens with zero attached hydrogens (tertiary/aromatic N) is 4. The average Bonchev–Trinajstić information content (AvgIpc) is 3.37. The summed E-state index contributed by atoms with van der Waals surface area (Å²) >= 11 is 0. The van der Waals surface area contributed by atoms with Gasteiger partial charge >= 0.3 is 0 Å². The number of nitrogens with two attached hydrogens (primary N) is 4. The number of amides is 1. The normalized spacial score (nSPS) is 19.7. The fraction of sp³-hybridized carbons (Fsp3) is 0.333. The first-order valence-corrected chi connectivity index (χ1v) is 15.1. The molecule has 3 atom stereocenters. The molecule has 2 fully saturated rings. The van der Waals surface area contributed by atoms with Gasteiger partial charge in [-0.25, -0.2) is 27.5 Å². The van der Waals surface area contributed by atoms with Gasteiger partial charge in [-0.05, 0) is 75.6 Å². The second kappa shape index (κ2) is 17.8. The van der Waals surface area contributed by atoms with Gasteiger partial charge < -0.3 is 37.3 Å². The molecule has 1 aromatic carbocycles. The van der Waals surface area contributed by atoms with Crippen molar-refractivity contribution in [2.24, 2.45) is 5.73 Å². The molecule has 0 spiro atoms. The van der Waals surface area contributed by atoms with Crippen LogP contribution in [0.25, 0.3) is 5.69 Å². The summed E-state index contributed by atoms with van der Waals surface area (Å²) in [7, 11) is 0. The summed E-state index contributed by atoms with van der Waals surface area (Å²) in [5.74, 6) is -0.183. The van der Waals surface area contributed by atoms with E-state index in [0.29, 0.717) is 30.4 Å². The Kier molecular flexibility index (Phi) is 13.9. The van der Waals surface area contributed by atoms with Crippen molar-refractivity contribution in [2.45, 2.75) is 50.9 Å². The first-order chi connectivity index (χ1) is 23.2. The van der Waals surface area contributed by atoms with Gasteiger partial charge in [0.25, 0.3) is 11.5 Å². The smallest absolute Gasteiger partial charge is 0.255 e. The summed E-state index contributed by atoms with van der Waals surface area (Å²) in [4.78, 5) is 32.5. The van der Waals surface area contributed by atoms with E-state index in [-0.39, 0.29) is 41.6 Å². The van der Waals surface area contributed by atoms with Crippen LogP contribution in [0.4, 0.5) is 40.6 Å². The second-order valence-electron chi connectivity index (χ2n) is 11.3. The molecule has 8 N–H and O–H groups in total. The monoisotopic (exact) mass is 688 g/mol. The highest BCUT2D eigenvalue weighted by molar-refractivity contribution is 5.95. The quantitative estimate of drug-likeness (QED) is 0.178. The SMILES string of the molecule is CC1COCC(=O)N1c1ccc(N)nc1.C[C@]1(F)CCC[C@H]1N.Nc1ccc(-n2cc(F)ccc2=O)cn1.Nc1ccc(F)cc1OCF. The topological polar surface area (TPSA) is 191 Å². The minimum Gasteiger partial charge on any atom is -0.461 e. The molecule has 4 aromatic rings. The third kappa shape index (κ3) is 11.5. The predicted octanol–water partition coefficient (Wildman–Crippen LogP) is 4.31. The number of rotatable bonds is 4. The molecule has 1 amide bonds. The van der Waals surface area contributed by atoms with Crippen LogP contribution in [-0.2, 0) is 9.53 Å². The molecule has 3 aromatic heterocycles. The number of carbonyl (C=O) groups is 1. The zero-order valence-electron chi connectivity index (χ0n) is 27.1. The van der Waals surface area contributed by atoms with E-state index >= 15 is 0 Å². The zero-order chi connectivity index (χ0) is 36.1. The van der Waals surface area contributed by atoms with Crippen LogP contribution in [-0.4, -0.2) is 58.3 Å². The molecule has 1 aliphatic carbocycles. The lowest BCUT2D eigenvalue weighted by Crippen LogP contribution is -2.48. The fourth-order valence-electron chi connectivity index (χ4n) is 4.69. The van der Waals surface area contributed by atoms with E-state index in [9.17, 15) is 27.2 Å². The Labute approximate surface area is 280 Å². The number of benzene rings is 1. The van der Waals surface area contributed by atoms with Gasteiger partial charge in [-0.1, -0.05) is 0 Å². The Hall–Kier alpha value is -5.22. The summed E-state index contributed by atoms with van der Waals surface area (Å²) in [5, 5.41) is 0. The number of anilines is 4. The number of hydrogen-bond donors (Lipinski definition) is 4. The third-order valence-electron chi connectivity index (χ3n) is 7.41. The van der Waals surface area contributed by atoms with Crippen LogP contribution < -0.4 is 38.1 Å². The molecule has 16 heteroatoms. The largest absolute Gasteiger partial charge is 0.461 e. The number of halogens is 4. The Morgan fingerprint density at radius 3 is 2.10 bits per heavy atom. The molecule has 49 heavy (non-hydrogen) atoms. The Morgan fingerprint density at radius 2 is 1.59 bits per heavy atom. The molecule has 4 heterocycles. The van der Waals surface area contributed by atoms with Crippen molar-refractivity contribution in [3.05, 3.63) is 95.2 Å². The number of pyridine rings is 3. The van der Waals surface area contributed by atoms with E-state index in [4.69, 9.17) is 27.7 Å². The van der Waals surface area contributed by atoms with Crippen molar-refractivity contribution in [3.8, 4) is 11.4 Å². The average molecular weight is 689 g/mol. The zero-order valence-corrected chi connectivity index (χ0v) is 27.1. The lowest BCUT2D eigenvalue weighted by molar-refractivity contribution is -0.127. The van der Waals surface area contributed by atoms with E-state index in [1.54, 1.807) is 42.3 Å². The first-order valence-electron chi connectivity index (χ1n) is 15.1.